The van der Waals surface area contributed by atoms with E-state index >= 15 is 0 Å². The SMILES string of the molecule is COCOc1ccc(F)cc1C#CCCl. The van der Waals surface area contributed by atoms with Gasteiger partial charge in [-0.05, 0) is 18.2 Å². The minimum absolute atomic E-state index is 0.0984. The molecule has 0 unspecified atom stereocenters. The van der Waals surface area contributed by atoms with Crippen LogP contribution in [0.1, 0.15) is 5.56 Å². The highest BCUT2D eigenvalue weighted by molar-refractivity contribution is 6.19. The van der Waals surface area contributed by atoms with Gasteiger partial charge in [-0.1, -0.05) is 11.8 Å². The monoisotopic (exact) mass is 228 g/mol. The van der Waals surface area contributed by atoms with Gasteiger partial charge in [-0.15, -0.1) is 11.6 Å². The van der Waals surface area contributed by atoms with Gasteiger partial charge in [-0.3, -0.25) is 0 Å². The Kier molecular flexibility index (Phi) is 4.96. The Labute approximate surface area is 93.0 Å². The summed E-state index contributed by atoms with van der Waals surface area (Å²) in [5, 5.41) is 0. The van der Waals surface area contributed by atoms with Crippen LogP contribution in [0.25, 0.3) is 0 Å². The Morgan fingerprint density at radius 2 is 2.27 bits per heavy atom. The van der Waals surface area contributed by atoms with Gasteiger partial charge in [-0.2, -0.15) is 0 Å². The van der Waals surface area contributed by atoms with Crippen LogP contribution in [0.2, 0.25) is 0 Å². The maximum atomic E-state index is 12.9. The standard InChI is InChI=1S/C11H10ClFO2/c1-14-8-15-11-5-4-10(13)7-9(11)3-2-6-12/h4-5,7H,6,8H2,1H3. The Morgan fingerprint density at radius 1 is 1.47 bits per heavy atom. The third-order valence-electron chi connectivity index (χ3n) is 1.56. The van der Waals surface area contributed by atoms with Crippen molar-refractivity contribution in [1.82, 2.24) is 0 Å². The molecular weight excluding hydrogens is 219 g/mol. The van der Waals surface area contributed by atoms with E-state index in [1.54, 1.807) is 0 Å². The topological polar surface area (TPSA) is 18.5 Å². The second kappa shape index (κ2) is 6.28. The van der Waals surface area contributed by atoms with Crippen LogP contribution in [-0.4, -0.2) is 19.8 Å². The number of rotatable bonds is 3. The summed E-state index contributed by atoms with van der Waals surface area (Å²) in [7, 11) is 1.51. The minimum atomic E-state index is -0.362. The molecule has 4 heteroatoms. The first kappa shape index (κ1) is 11.8. The molecule has 1 rings (SSSR count). The number of halogens is 2. The normalized spacial score (nSPS) is 9.27. The first-order valence-corrected chi connectivity index (χ1v) is 4.77. The van der Waals surface area contributed by atoms with E-state index in [9.17, 15) is 4.39 Å². The molecule has 0 atom stereocenters. The molecule has 1 aromatic carbocycles. The van der Waals surface area contributed by atoms with Crippen LogP contribution >= 0.6 is 11.6 Å². The van der Waals surface area contributed by atoms with Crippen LogP contribution in [0.5, 0.6) is 5.75 Å². The van der Waals surface area contributed by atoms with Crippen LogP contribution in [0.3, 0.4) is 0 Å². The lowest BCUT2D eigenvalue weighted by Gasteiger charge is -2.06. The maximum Gasteiger partial charge on any atom is 0.188 e. The molecule has 0 radical (unpaired) electrons. The number of alkyl halides is 1. The Hall–Kier alpha value is -1.24. The molecule has 0 fully saturated rings. The van der Waals surface area contributed by atoms with E-state index in [2.05, 4.69) is 11.8 Å². The van der Waals surface area contributed by atoms with Gasteiger partial charge in [0.25, 0.3) is 0 Å². The molecule has 0 bridgehead atoms. The molecule has 0 N–H and O–H groups in total. The summed E-state index contributed by atoms with van der Waals surface area (Å²) in [6, 6.07) is 4.11. The Morgan fingerprint density at radius 3 is 2.93 bits per heavy atom. The van der Waals surface area contributed by atoms with Crippen LogP contribution in [0.15, 0.2) is 18.2 Å². The molecule has 0 amide bonds. The molecular formula is C11H10ClFO2. The predicted molar refractivity (Wildman–Crippen MR) is 56.5 cm³/mol. The molecule has 0 spiro atoms. The average molecular weight is 229 g/mol. The molecule has 0 aliphatic carbocycles. The summed E-state index contributed by atoms with van der Waals surface area (Å²) < 4.78 is 22.9. The van der Waals surface area contributed by atoms with Gasteiger partial charge in [0.15, 0.2) is 6.79 Å². The highest BCUT2D eigenvalue weighted by Gasteiger charge is 2.02. The van der Waals surface area contributed by atoms with Gasteiger partial charge in [0.2, 0.25) is 0 Å². The smallest absolute Gasteiger partial charge is 0.188 e. The van der Waals surface area contributed by atoms with E-state index in [1.165, 1.54) is 25.3 Å². The Balaban J connectivity index is 2.92. The predicted octanol–water partition coefficient (Wildman–Crippen LogP) is 2.40. The molecule has 0 heterocycles. The van der Waals surface area contributed by atoms with Gasteiger partial charge in [0.1, 0.15) is 11.6 Å². The van der Waals surface area contributed by atoms with Crippen molar-refractivity contribution < 1.29 is 13.9 Å². The van der Waals surface area contributed by atoms with Crippen LogP contribution in [0, 0.1) is 17.7 Å². The van der Waals surface area contributed by atoms with Gasteiger partial charge in [0, 0.05) is 7.11 Å². The zero-order chi connectivity index (χ0) is 11.1. The summed E-state index contributed by atoms with van der Waals surface area (Å²) >= 11 is 5.42. The largest absolute Gasteiger partial charge is 0.466 e. The van der Waals surface area contributed by atoms with E-state index in [0.717, 1.165) is 0 Å². The summed E-state index contributed by atoms with van der Waals surface area (Å²) in [5.41, 5.74) is 0.465. The van der Waals surface area contributed by atoms with Crippen LogP contribution in [-0.2, 0) is 4.74 Å². The number of methoxy groups -OCH3 is 1. The second-order valence-electron chi connectivity index (χ2n) is 2.63. The molecule has 0 aromatic heterocycles. The van der Waals surface area contributed by atoms with Crippen molar-refractivity contribution in [3.05, 3.63) is 29.6 Å². The fraction of sp³-hybridized carbons (Fsp3) is 0.273. The summed E-state index contributed by atoms with van der Waals surface area (Å²) in [5.74, 6) is 5.66. The summed E-state index contributed by atoms with van der Waals surface area (Å²) in [6.07, 6.45) is 0. The fourth-order valence-corrected chi connectivity index (χ4v) is 1.04. The molecule has 0 saturated heterocycles. The number of benzene rings is 1. The first-order valence-electron chi connectivity index (χ1n) is 4.24. The Bertz CT molecular complexity index is 382. The third-order valence-corrected chi connectivity index (χ3v) is 1.70. The number of ether oxygens (including phenoxy) is 2. The number of hydrogen-bond acceptors (Lipinski definition) is 2. The average Bonchev–Trinajstić information content (AvgIpc) is 2.25. The molecule has 0 aliphatic rings. The van der Waals surface area contributed by atoms with E-state index in [0.29, 0.717) is 11.3 Å². The van der Waals surface area contributed by atoms with Crippen molar-refractivity contribution in [1.29, 1.82) is 0 Å². The van der Waals surface area contributed by atoms with E-state index in [-0.39, 0.29) is 18.5 Å². The van der Waals surface area contributed by atoms with Gasteiger partial charge in [-0.25, -0.2) is 4.39 Å². The van der Waals surface area contributed by atoms with Gasteiger partial charge >= 0.3 is 0 Å². The number of hydrogen-bond donors (Lipinski definition) is 0. The second-order valence-corrected chi connectivity index (χ2v) is 2.89. The van der Waals surface area contributed by atoms with E-state index in [4.69, 9.17) is 21.1 Å². The maximum absolute atomic E-state index is 12.9. The van der Waals surface area contributed by atoms with Gasteiger partial charge in [0.05, 0.1) is 11.4 Å². The van der Waals surface area contributed by atoms with Crippen molar-refractivity contribution >= 4 is 11.6 Å². The lowest BCUT2D eigenvalue weighted by molar-refractivity contribution is 0.0508. The van der Waals surface area contributed by atoms with Gasteiger partial charge < -0.3 is 9.47 Å². The van der Waals surface area contributed by atoms with E-state index < -0.39 is 0 Å². The fourth-order valence-electron chi connectivity index (χ4n) is 0.977. The molecule has 1 aromatic rings. The van der Waals surface area contributed by atoms with Crippen molar-refractivity contribution in [3.63, 3.8) is 0 Å². The summed E-state index contributed by atoms with van der Waals surface area (Å²) in [4.78, 5) is 0. The molecule has 0 aliphatic heterocycles. The quantitative estimate of drug-likeness (QED) is 0.449. The highest BCUT2D eigenvalue weighted by atomic mass is 35.5. The van der Waals surface area contributed by atoms with Crippen molar-refractivity contribution in [2.75, 3.05) is 19.8 Å². The zero-order valence-electron chi connectivity index (χ0n) is 8.22. The lowest BCUT2D eigenvalue weighted by Crippen LogP contribution is -2.00. The molecule has 15 heavy (non-hydrogen) atoms. The summed E-state index contributed by atoms with van der Waals surface area (Å²) in [6.45, 7) is 0.0984. The minimum Gasteiger partial charge on any atom is -0.466 e. The van der Waals surface area contributed by atoms with Crippen molar-refractivity contribution in [2.45, 2.75) is 0 Å². The molecule has 0 saturated carbocycles. The van der Waals surface area contributed by atoms with E-state index in [1.807, 2.05) is 0 Å². The molecule has 80 valence electrons. The van der Waals surface area contributed by atoms with Crippen molar-refractivity contribution in [3.8, 4) is 17.6 Å². The first-order chi connectivity index (χ1) is 7.27. The van der Waals surface area contributed by atoms with Crippen molar-refractivity contribution in [2.24, 2.45) is 0 Å². The van der Waals surface area contributed by atoms with Crippen LogP contribution in [0.4, 0.5) is 4.39 Å². The molecule has 2 nitrogen and oxygen atoms in total. The third kappa shape index (κ3) is 3.78. The van der Waals surface area contributed by atoms with Crippen LogP contribution < -0.4 is 4.74 Å². The lowest BCUT2D eigenvalue weighted by atomic mass is 10.2. The highest BCUT2D eigenvalue weighted by Crippen LogP contribution is 2.18. The zero-order valence-corrected chi connectivity index (χ0v) is 8.97.